The van der Waals surface area contributed by atoms with Gasteiger partial charge in [-0.2, -0.15) is 5.10 Å². The van der Waals surface area contributed by atoms with Crippen LogP contribution in [0.1, 0.15) is 32.6 Å². The quantitative estimate of drug-likeness (QED) is 0.624. The van der Waals surface area contributed by atoms with Crippen molar-refractivity contribution in [1.82, 2.24) is 9.78 Å². The van der Waals surface area contributed by atoms with Crippen molar-refractivity contribution < 1.29 is 8.78 Å². The summed E-state index contributed by atoms with van der Waals surface area (Å²) in [5.41, 5.74) is 1.67. The first kappa shape index (κ1) is 16.4. The Morgan fingerprint density at radius 2 is 2.17 bits per heavy atom. The molecule has 6 heteroatoms. The number of nitrogens with zero attached hydrogens (tertiary/aromatic N) is 3. The Bertz CT molecular complexity index is 671. The van der Waals surface area contributed by atoms with Gasteiger partial charge < -0.3 is 4.90 Å². The fourth-order valence-electron chi connectivity index (χ4n) is 2.76. The monoisotopic (exact) mass is 383 g/mol. The lowest BCUT2D eigenvalue weighted by molar-refractivity contribution is 0.111. The first-order valence-electron chi connectivity index (χ1n) is 7.96. The molecule has 1 atom stereocenters. The largest absolute Gasteiger partial charge is 0.360 e. The molecule has 1 fully saturated rings. The standard InChI is InChI=1S/C17H20BrF2N3/c1-2-3-4-8-22(16-10-17(16,19)20)15-11-21-23(12-15)14-7-5-6-13(18)9-14/h5-7,9,11-12,16H,2-4,8,10H2,1H3. The van der Waals surface area contributed by atoms with Crippen molar-refractivity contribution in [2.24, 2.45) is 0 Å². The lowest BCUT2D eigenvalue weighted by Gasteiger charge is -2.22. The number of hydrogen-bond donors (Lipinski definition) is 0. The summed E-state index contributed by atoms with van der Waals surface area (Å²) in [6.07, 6.45) is 6.51. The number of aromatic nitrogens is 2. The van der Waals surface area contributed by atoms with Gasteiger partial charge in [0.1, 0.15) is 0 Å². The van der Waals surface area contributed by atoms with E-state index in [4.69, 9.17) is 0 Å². The van der Waals surface area contributed by atoms with Crippen molar-refractivity contribution in [2.45, 2.75) is 44.6 Å². The molecule has 0 amide bonds. The topological polar surface area (TPSA) is 21.1 Å². The lowest BCUT2D eigenvalue weighted by atomic mass is 10.2. The van der Waals surface area contributed by atoms with Crippen molar-refractivity contribution in [1.29, 1.82) is 0 Å². The van der Waals surface area contributed by atoms with Crippen LogP contribution < -0.4 is 4.90 Å². The van der Waals surface area contributed by atoms with Crippen LogP contribution in [0.15, 0.2) is 41.1 Å². The Morgan fingerprint density at radius 1 is 1.39 bits per heavy atom. The number of halogens is 3. The second-order valence-electron chi connectivity index (χ2n) is 6.00. The smallest absolute Gasteiger partial charge is 0.270 e. The Hall–Kier alpha value is -1.43. The summed E-state index contributed by atoms with van der Waals surface area (Å²) in [6.45, 7) is 2.76. The summed E-state index contributed by atoms with van der Waals surface area (Å²) >= 11 is 3.43. The molecule has 0 N–H and O–H groups in total. The molecular formula is C17H20BrF2N3. The first-order valence-corrected chi connectivity index (χ1v) is 8.75. The zero-order valence-corrected chi connectivity index (χ0v) is 14.6. The van der Waals surface area contributed by atoms with Crippen LogP contribution in [-0.4, -0.2) is 28.3 Å². The van der Waals surface area contributed by atoms with Gasteiger partial charge in [-0.3, -0.25) is 0 Å². The van der Waals surface area contributed by atoms with Crippen LogP contribution in [0.2, 0.25) is 0 Å². The Morgan fingerprint density at radius 3 is 2.83 bits per heavy atom. The minimum Gasteiger partial charge on any atom is -0.360 e. The highest BCUT2D eigenvalue weighted by molar-refractivity contribution is 9.10. The number of rotatable bonds is 7. The zero-order valence-electron chi connectivity index (χ0n) is 13.1. The van der Waals surface area contributed by atoms with Crippen LogP contribution in [0.25, 0.3) is 5.69 Å². The van der Waals surface area contributed by atoms with Gasteiger partial charge in [-0.05, 0) is 24.6 Å². The molecule has 3 rings (SSSR count). The third kappa shape index (κ3) is 3.74. The lowest BCUT2D eigenvalue weighted by Crippen LogP contribution is -2.30. The van der Waals surface area contributed by atoms with Gasteiger partial charge in [0.05, 0.1) is 29.8 Å². The van der Waals surface area contributed by atoms with Crippen molar-refractivity contribution in [2.75, 3.05) is 11.4 Å². The third-order valence-electron chi connectivity index (χ3n) is 4.15. The predicted octanol–water partition coefficient (Wildman–Crippen LogP) is 5.04. The van der Waals surface area contributed by atoms with Gasteiger partial charge in [0, 0.05) is 17.4 Å². The van der Waals surface area contributed by atoms with E-state index in [-0.39, 0.29) is 6.42 Å². The second-order valence-corrected chi connectivity index (χ2v) is 6.92. The van der Waals surface area contributed by atoms with E-state index in [0.29, 0.717) is 6.54 Å². The van der Waals surface area contributed by atoms with E-state index in [1.807, 2.05) is 35.4 Å². The Kier molecular flexibility index (Phi) is 4.71. The van der Waals surface area contributed by atoms with Crippen LogP contribution >= 0.6 is 15.9 Å². The Labute approximate surface area is 143 Å². The molecule has 1 aliphatic rings. The summed E-state index contributed by atoms with van der Waals surface area (Å²) in [5.74, 6) is -2.57. The molecule has 2 aromatic rings. The summed E-state index contributed by atoms with van der Waals surface area (Å²) in [4.78, 5) is 1.82. The van der Waals surface area contributed by atoms with E-state index in [1.165, 1.54) is 0 Å². The van der Waals surface area contributed by atoms with Gasteiger partial charge in [-0.1, -0.05) is 41.8 Å². The molecule has 124 valence electrons. The molecule has 1 aromatic heterocycles. The van der Waals surface area contributed by atoms with Gasteiger partial charge >= 0.3 is 0 Å². The number of alkyl halides is 2. The van der Waals surface area contributed by atoms with Crippen molar-refractivity contribution in [3.05, 3.63) is 41.1 Å². The van der Waals surface area contributed by atoms with Crippen LogP contribution in [0, 0.1) is 0 Å². The van der Waals surface area contributed by atoms with Crippen LogP contribution in [-0.2, 0) is 0 Å². The van der Waals surface area contributed by atoms with Gasteiger partial charge in [0.15, 0.2) is 0 Å². The van der Waals surface area contributed by atoms with Gasteiger partial charge in [-0.25, -0.2) is 13.5 Å². The van der Waals surface area contributed by atoms with Crippen LogP contribution in [0.4, 0.5) is 14.5 Å². The third-order valence-corrected chi connectivity index (χ3v) is 4.64. The van der Waals surface area contributed by atoms with E-state index in [1.54, 1.807) is 10.9 Å². The first-order chi connectivity index (χ1) is 11.0. The van der Waals surface area contributed by atoms with Crippen LogP contribution in [0.5, 0.6) is 0 Å². The molecule has 1 aliphatic carbocycles. The van der Waals surface area contributed by atoms with E-state index in [0.717, 1.165) is 35.1 Å². The normalized spacial score (nSPS) is 18.9. The Balaban J connectivity index is 1.80. The highest BCUT2D eigenvalue weighted by Gasteiger charge is 2.60. The number of benzene rings is 1. The maximum Gasteiger partial charge on any atom is 0.270 e. The van der Waals surface area contributed by atoms with Gasteiger partial charge in [0.2, 0.25) is 0 Å². The number of hydrogen-bond acceptors (Lipinski definition) is 2. The fourth-order valence-corrected chi connectivity index (χ4v) is 3.14. The summed E-state index contributed by atoms with van der Waals surface area (Å²) in [5, 5.41) is 4.34. The average Bonchev–Trinajstić information content (AvgIpc) is 2.94. The number of unbranched alkanes of at least 4 members (excludes halogenated alkanes) is 2. The molecule has 1 aromatic carbocycles. The van der Waals surface area contributed by atoms with Crippen molar-refractivity contribution in [3.8, 4) is 5.69 Å². The highest BCUT2D eigenvalue weighted by atomic mass is 79.9. The van der Waals surface area contributed by atoms with Crippen molar-refractivity contribution >= 4 is 21.6 Å². The maximum atomic E-state index is 13.5. The number of anilines is 1. The molecule has 23 heavy (non-hydrogen) atoms. The van der Waals surface area contributed by atoms with Crippen LogP contribution in [0.3, 0.4) is 0 Å². The minimum atomic E-state index is -2.57. The molecule has 0 saturated heterocycles. The SMILES string of the molecule is CCCCCN(c1cnn(-c2cccc(Br)c2)c1)C1CC1(F)F. The fraction of sp³-hybridized carbons (Fsp3) is 0.471. The highest BCUT2D eigenvalue weighted by Crippen LogP contribution is 2.47. The zero-order chi connectivity index (χ0) is 16.4. The molecule has 0 aliphatic heterocycles. The van der Waals surface area contributed by atoms with E-state index in [9.17, 15) is 8.78 Å². The summed E-state index contributed by atoms with van der Waals surface area (Å²) in [7, 11) is 0. The summed E-state index contributed by atoms with van der Waals surface area (Å²) < 4.78 is 29.8. The minimum absolute atomic E-state index is 0.0544. The van der Waals surface area contributed by atoms with Gasteiger partial charge in [-0.15, -0.1) is 0 Å². The van der Waals surface area contributed by atoms with E-state index >= 15 is 0 Å². The molecule has 1 saturated carbocycles. The molecule has 1 heterocycles. The maximum absolute atomic E-state index is 13.5. The summed E-state index contributed by atoms with van der Waals surface area (Å²) in [6, 6.07) is 7.07. The molecule has 0 radical (unpaired) electrons. The molecule has 0 bridgehead atoms. The van der Waals surface area contributed by atoms with Crippen molar-refractivity contribution in [3.63, 3.8) is 0 Å². The average molecular weight is 384 g/mol. The molecule has 0 spiro atoms. The second kappa shape index (κ2) is 6.59. The van der Waals surface area contributed by atoms with Gasteiger partial charge in [0.25, 0.3) is 5.92 Å². The predicted molar refractivity (Wildman–Crippen MR) is 91.5 cm³/mol. The molecular weight excluding hydrogens is 364 g/mol. The van der Waals surface area contributed by atoms with E-state index < -0.39 is 12.0 Å². The van der Waals surface area contributed by atoms with E-state index in [2.05, 4.69) is 28.0 Å². The molecule has 1 unspecified atom stereocenters. The molecule has 3 nitrogen and oxygen atoms in total.